The number of carbonyl (C=O) groups is 3. The third-order valence-corrected chi connectivity index (χ3v) is 4.88. The highest BCUT2D eigenvalue weighted by Gasteiger charge is 2.34. The van der Waals surface area contributed by atoms with Crippen LogP contribution in [0.25, 0.3) is 0 Å². The van der Waals surface area contributed by atoms with Gasteiger partial charge in [0.25, 0.3) is 5.91 Å². The van der Waals surface area contributed by atoms with Crippen LogP contribution in [0.3, 0.4) is 0 Å². The zero-order valence-electron chi connectivity index (χ0n) is 18.2. The zero-order chi connectivity index (χ0) is 25.3. The number of hydrogen-bond acceptors (Lipinski definition) is 5. The SMILES string of the molecule is CC[C@H](C)NC(=O)C(=O)N/N=C\c1ccc(OCC(=O)Nc2ccc(Br)cc2C(F)(F)F)cc1. The molecule has 34 heavy (non-hydrogen) atoms. The normalized spacial score (nSPS) is 12.2. The van der Waals surface area contributed by atoms with Crippen LogP contribution in [0.5, 0.6) is 5.75 Å². The summed E-state index contributed by atoms with van der Waals surface area (Å²) in [4.78, 5) is 35.3. The summed E-state index contributed by atoms with van der Waals surface area (Å²) in [6, 6.07) is 9.41. The Kier molecular flexibility index (Phi) is 9.60. The van der Waals surface area contributed by atoms with E-state index in [2.05, 4.69) is 37.1 Å². The van der Waals surface area contributed by atoms with Crippen molar-refractivity contribution in [2.24, 2.45) is 5.10 Å². The number of nitrogens with one attached hydrogen (secondary N) is 3. The molecule has 3 amide bonds. The topological polar surface area (TPSA) is 109 Å². The summed E-state index contributed by atoms with van der Waals surface area (Å²) >= 11 is 2.98. The van der Waals surface area contributed by atoms with Gasteiger partial charge in [-0.3, -0.25) is 14.4 Å². The van der Waals surface area contributed by atoms with Gasteiger partial charge in [-0.25, -0.2) is 5.43 Å². The van der Waals surface area contributed by atoms with Gasteiger partial charge < -0.3 is 15.4 Å². The molecule has 0 spiro atoms. The lowest BCUT2D eigenvalue weighted by molar-refractivity contribution is -0.139. The molecule has 0 aliphatic rings. The first-order valence-corrected chi connectivity index (χ1v) is 10.8. The number of anilines is 1. The summed E-state index contributed by atoms with van der Waals surface area (Å²) in [7, 11) is 0. The second kappa shape index (κ2) is 12.2. The molecule has 3 N–H and O–H groups in total. The van der Waals surface area contributed by atoms with Crippen molar-refractivity contribution in [2.75, 3.05) is 11.9 Å². The molecule has 2 aromatic carbocycles. The first-order chi connectivity index (χ1) is 16.0. The van der Waals surface area contributed by atoms with Crippen LogP contribution in [0.4, 0.5) is 18.9 Å². The van der Waals surface area contributed by atoms with E-state index in [1.807, 2.05) is 6.92 Å². The third-order valence-electron chi connectivity index (χ3n) is 4.39. The molecule has 182 valence electrons. The quantitative estimate of drug-likeness (QED) is 0.267. The summed E-state index contributed by atoms with van der Waals surface area (Å²) in [6.07, 6.45) is -2.66. The minimum atomic E-state index is -4.64. The number of hydrazone groups is 1. The van der Waals surface area contributed by atoms with Gasteiger partial charge in [0.2, 0.25) is 0 Å². The standard InChI is InChI=1S/C22H22BrF3N4O4/c1-3-13(2)28-20(32)21(33)30-27-11-14-4-7-16(8-5-14)34-12-19(31)29-18-9-6-15(23)10-17(18)22(24,25)26/h4-11,13H,3,12H2,1-2H3,(H,28,32)(H,29,31)(H,30,33)/b27-11-/t13-/m0/s1. The molecule has 8 nitrogen and oxygen atoms in total. The van der Waals surface area contributed by atoms with Crippen LogP contribution in [0.1, 0.15) is 31.4 Å². The van der Waals surface area contributed by atoms with E-state index in [1.165, 1.54) is 24.4 Å². The number of halogens is 4. The Morgan fingerprint density at radius 2 is 1.79 bits per heavy atom. The highest BCUT2D eigenvalue weighted by Crippen LogP contribution is 2.36. The maximum atomic E-state index is 13.1. The molecule has 0 heterocycles. The number of amides is 3. The van der Waals surface area contributed by atoms with Crippen molar-refractivity contribution in [2.45, 2.75) is 32.5 Å². The van der Waals surface area contributed by atoms with Crippen molar-refractivity contribution in [3.8, 4) is 5.75 Å². The summed E-state index contributed by atoms with van der Waals surface area (Å²) < 4.78 is 45.0. The first kappa shape index (κ1) is 26.8. The molecule has 0 unspecified atom stereocenters. The van der Waals surface area contributed by atoms with E-state index in [4.69, 9.17) is 4.74 Å². The average Bonchev–Trinajstić information content (AvgIpc) is 2.78. The maximum absolute atomic E-state index is 13.1. The lowest BCUT2D eigenvalue weighted by atomic mass is 10.1. The van der Waals surface area contributed by atoms with Gasteiger partial charge in [-0.05, 0) is 61.4 Å². The Morgan fingerprint density at radius 1 is 1.12 bits per heavy atom. The van der Waals surface area contributed by atoms with Crippen molar-refractivity contribution in [3.05, 3.63) is 58.1 Å². The van der Waals surface area contributed by atoms with Gasteiger partial charge in [-0.15, -0.1) is 0 Å². The molecule has 0 radical (unpaired) electrons. The summed E-state index contributed by atoms with van der Waals surface area (Å²) in [5.74, 6) is -2.17. The van der Waals surface area contributed by atoms with Crippen LogP contribution >= 0.6 is 15.9 Å². The smallest absolute Gasteiger partial charge is 0.418 e. The fourth-order valence-corrected chi connectivity index (χ4v) is 2.81. The highest BCUT2D eigenvalue weighted by molar-refractivity contribution is 9.10. The van der Waals surface area contributed by atoms with E-state index in [1.54, 1.807) is 19.1 Å². The lowest BCUT2D eigenvalue weighted by Crippen LogP contribution is -2.41. The van der Waals surface area contributed by atoms with Crippen LogP contribution < -0.4 is 20.8 Å². The number of nitrogens with zero attached hydrogens (tertiary/aromatic N) is 1. The molecule has 0 aromatic heterocycles. The Bertz CT molecular complexity index is 1060. The van der Waals surface area contributed by atoms with Gasteiger partial charge in [0, 0.05) is 10.5 Å². The van der Waals surface area contributed by atoms with Crippen LogP contribution in [0.2, 0.25) is 0 Å². The number of hydrogen-bond donors (Lipinski definition) is 3. The third kappa shape index (κ3) is 8.50. The van der Waals surface area contributed by atoms with Crippen molar-refractivity contribution in [1.82, 2.24) is 10.7 Å². The van der Waals surface area contributed by atoms with Crippen LogP contribution in [-0.4, -0.2) is 36.6 Å². The molecule has 2 aromatic rings. The number of benzene rings is 2. The maximum Gasteiger partial charge on any atom is 0.418 e. The molecular weight excluding hydrogens is 521 g/mol. The van der Waals surface area contributed by atoms with Crippen LogP contribution in [-0.2, 0) is 20.6 Å². The van der Waals surface area contributed by atoms with Gasteiger partial charge in [0.1, 0.15) is 5.75 Å². The van der Waals surface area contributed by atoms with E-state index in [9.17, 15) is 27.6 Å². The molecule has 0 saturated carbocycles. The van der Waals surface area contributed by atoms with Crippen molar-refractivity contribution < 1.29 is 32.3 Å². The van der Waals surface area contributed by atoms with Gasteiger partial charge in [-0.1, -0.05) is 22.9 Å². The van der Waals surface area contributed by atoms with Crippen molar-refractivity contribution >= 4 is 45.6 Å². The molecule has 0 saturated heterocycles. The monoisotopic (exact) mass is 542 g/mol. The zero-order valence-corrected chi connectivity index (χ0v) is 19.8. The fourth-order valence-electron chi connectivity index (χ4n) is 2.45. The Hall–Kier alpha value is -3.41. The summed E-state index contributed by atoms with van der Waals surface area (Å²) in [5.41, 5.74) is 1.31. The molecule has 0 aliphatic carbocycles. The first-order valence-electron chi connectivity index (χ1n) is 10.0. The predicted octanol–water partition coefficient (Wildman–Crippen LogP) is 3.85. The van der Waals surface area contributed by atoms with Gasteiger partial charge >= 0.3 is 18.0 Å². The predicted molar refractivity (Wildman–Crippen MR) is 123 cm³/mol. The second-order valence-electron chi connectivity index (χ2n) is 7.08. The van der Waals surface area contributed by atoms with Crippen molar-refractivity contribution in [3.63, 3.8) is 0 Å². The van der Waals surface area contributed by atoms with Gasteiger partial charge in [-0.2, -0.15) is 18.3 Å². The molecule has 0 bridgehead atoms. The number of alkyl halides is 3. The van der Waals surface area contributed by atoms with E-state index in [0.29, 0.717) is 12.0 Å². The van der Waals surface area contributed by atoms with Gasteiger partial charge in [0.05, 0.1) is 17.5 Å². The molecule has 0 aliphatic heterocycles. The molecule has 12 heteroatoms. The summed E-state index contributed by atoms with van der Waals surface area (Å²) in [6.45, 7) is 3.12. The van der Waals surface area contributed by atoms with E-state index >= 15 is 0 Å². The fraction of sp³-hybridized carbons (Fsp3) is 0.273. The van der Waals surface area contributed by atoms with Crippen LogP contribution in [0, 0.1) is 0 Å². The minimum absolute atomic E-state index is 0.140. The van der Waals surface area contributed by atoms with Crippen molar-refractivity contribution in [1.29, 1.82) is 0 Å². The average molecular weight is 543 g/mol. The Labute approximate surface area is 202 Å². The number of ether oxygens (including phenoxy) is 1. The van der Waals surface area contributed by atoms with E-state index in [0.717, 1.165) is 12.1 Å². The Morgan fingerprint density at radius 3 is 2.41 bits per heavy atom. The number of carbonyl (C=O) groups excluding carboxylic acids is 3. The van der Waals surface area contributed by atoms with E-state index in [-0.39, 0.29) is 22.0 Å². The van der Waals surface area contributed by atoms with Gasteiger partial charge in [0.15, 0.2) is 6.61 Å². The van der Waals surface area contributed by atoms with E-state index < -0.39 is 36.1 Å². The Balaban J connectivity index is 1.86. The number of rotatable bonds is 8. The molecular formula is C22H22BrF3N4O4. The largest absolute Gasteiger partial charge is 0.484 e. The molecule has 0 fully saturated rings. The minimum Gasteiger partial charge on any atom is -0.484 e. The highest BCUT2D eigenvalue weighted by atomic mass is 79.9. The lowest BCUT2D eigenvalue weighted by Gasteiger charge is -2.14. The van der Waals surface area contributed by atoms with Crippen LogP contribution in [0.15, 0.2) is 52.0 Å². The summed E-state index contributed by atoms with van der Waals surface area (Å²) in [5, 5.41) is 8.39. The molecule has 1 atom stereocenters. The molecule has 2 rings (SSSR count). The second-order valence-corrected chi connectivity index (χ2v) is 7.99.